The molecular weight excluding hydrogens is 452 g/mol. The molecule has 0 amide bonds. The molecular formula is C27H39FNO4P. The van der Waals surface area contributed by atoms with Crippen molar-refractivity contribution in [2.45, 2.75) is 57.7 Å². The van der Waals surface area contributed by atoms with Gasteiger partial charge in [-0.25, -0.2) is 4.39 Å². The molecule has 2 aromatic carbocycles. The van der Waals surface area contributed by atoms with Crippen molar-refractivity contribution in [2.75, 3.05) is 41.2 Å². The molecule has 0 aliphatic carbocycles. The second-order valence-electron chi connectivity index (χ2n) is 9.10. The Bertz CT molecular complexity index is 935. The molecule has 2 aromatic rings. The molecule has 3 rings (SSSR count). The van der Waals surface area contributed by atoms with Crippen molar-refractivity contribution in [3.05, 3.63) is 47.3 Å². The molecule has 188 valence electrons. The van der Waals surface area contributed by atoms with Crippen molar-refractivity contribution >= 4 is 13.9 Å². The first-order valence-electron chi connectivity index (χ1n) is 12.1. The fourth-order valence-electron chi connectivity index (χ4n) is 4.76. The maximum atomic E-state index is 14.3. The lowest BCUT2D eigenvalue weighted by molar-refractivity contribution is 0.0479. The highest BCUT2D eigenvalue weighted by molar-refractivity contribution is 7.48. The van der Waals surface area contributed by atoms with Crippen molar-refractivity contribution in [1.29, 1.82) is 0 Å². The number of halogens is 1. The molecule has 0 bridgehead atoms. The first-order chi connectivity index (χ1) is 16.4. The Balaban J connectivity index is 2.04. The van der Waals surface area contributed by atoms with Crippen LogP contribution in [0.5, 0.6) is 17.2 Å². The molecule has 5 nitrogen and oxygen atoms in total. The zero-order valence-electron chi connectivity index (χ0n) is 21.2. The van der Waals surface area contributed by atoms with Gasteiger partial charge in [0.15, 0.2) is 18.3 Å². The molecule has 0 N–H and O–H groups in total. The number of methoxy groups -OCH3 is 3. The average Bonchev–Trinajstić information content (AvgIpc) is 2.84. The molecule has 1 aliphatic rings. The lowest BCUT2D eigenvalue weighted by atomic mass is 9.93. The van der Waals surface area contributed by atoms with Crippen LogP contribution in [0.15, 0.2) is 30.3 Å². The third-order valence-electron chi connectivity index (χ3n) is 6.47. The van der Waals surface area contributed by atoms with Gasteiger partial charge in [-0.15, -0.1) is 0 Å². The molecule has 34 heavy (non-hydrogen) atoms. The lowest BCUT2D eigenvalue weighted by Crippen LogP contribution is -2.31. The van der Waals surface area contributed by atoms with Crippen molar-refractivity contribution < 1.29 is 23.3 Å². The maximum absolute atomic E-state index is 14.3. The van der Waals surface area contributed by atoms with Crippen LogP contribution in [-0.2, 0) is 16.4 Å². The van der Waals surface area contributed by atoms with Crippen LogP contribution < -0.4 is 19.5 Å². The molecule has 2 atom stereocenters. The predicted octanol–water partition coefficient (Wildman–Crippen LogP) is 5.83. The largest absolute Gasteiger partial charge is 0.497 e. The number of hydrogen-bond donors (Lipinski definition) is 0. The van der Waals surface area contributed by atoms with Crippen LogP contribution in [0.2, 0.25) is 0 Å². The van der Waals surface area contributed by atoms with Crippen LogP contribution in [0.4, 0.5) is 4.39 Å². The first kappa shape index (κ1) is 26.7. The van der Waals surface area contributed by atoms with Gasteiger partial charge in [-0.3, -0.25) is 4.90 Å². The minimum Gasteiger partial charge on any atom is -0.497 e. The Labute approximate surface area is 205 Å². The third-order valence-corrected chi connectivity index (χ3v) is 8.30. The smallest absolute Gasteiger partial charge is 0.188 e. The van der Waals surface area contributed by atoms with E-state index in [-0.39, 0.29) is 17.8 Å². The number of benzene rings is 2. The van der Waals surface area contributed by atoms with E-state index < -0.39 is 0 Å². The molecule has 0 radical (unpaired) electrons. The minimum absolute atomic E-state index is 0.123. The summed E-state index contributed by atoms with van der Waals surface area (Å²) in [6.07, 6.45) is 5.64. The van der Waals surface area contributed by atoms with Gasteiger partial charge in [0.2, 0.25) is 0 Å². The SMILES string of the molecule is CCCC(C)(Pc1ccc(F)cc1CN1CCCCC1)c1cc(OC)cc(OC)c1OCOC. The van der Waals surface area contributed by atoms with Crippen LogP contribution in [-0.4, -0.2) is 46.1 Å². The normalized spacial score (nSPS) is 16.5. The van der Waals surface area contributed by atoms with Crippen molar-refractivity contribution in [3.63, 3.8) is 0 Å². The highest BCUT2D eigenvalue weighted by atomic mass is 31.1. The predicted molar refractivity (Wildman–Crippen MR) is 138 cm³/mol. The Morgan fingerprint density at radius 3 is 2.44 bits per heavy atom. The van der Waals surface area contributed by atoms with Crippen molar-refractivity contribution in [3.8, 4) is 17.2 Å². The van der Waals surface area contributed by atoms with E-state index in [4.69, 9.17) is 18.9 Å². The number of hydrogen-bond acceptors (Lipinski definition) is 5. The van der Waals surface area contributed by atoms with Gasteiger partial charge in [-0.05, 0) is 61.4 Å². The maximum Gasteiger partial charge on any atom is 0.188 e. The van der Waals surface area contributed by atoms with Gasteiger partial charge in [-0.1, -0.05) is 41.3 Å². The Kier molecular flexibility index (Phi) is 9.99. The molecule has 2 unspecified atom stereocenters. The van der Waals surface area contributed by atoms with Crippen LogP contribution in [0.3, 0.4) is 0 Å². The van der Waals surface area contributed by atoms with Gasteiger partial charge >= 0.3 is 0 Å². The minimum atomic E-state index is -0.256. The van der Waals surface area contributed by atoms with Crippen LogP contribution in [0.25, 0.3) is 0 Å². The van der Waals surface area contributed by atoms with Crippen LogP contribution in [0, 0.1) is 5.82 Å². The van der Waals surface area contributed by atoms with E-state index in [0.29, 0.717) is 20.1 Å². The highest BCUT2D eigenvalue weighted by Crippen LogP contribution is 2.52. The van der Waals surface area contributed by atoms with Gasteiger partial charge in [-0.2, -0.15) is 0 Å². The lowest BCUT2D eigenvalue weighted by Gasteiger charge is -2.34. The standard InChI is InChI=1S/C27H39FNO4P/c1-6-12-27(2,23-16-22(31-4)17-24(32-5)26(23)33-19-30-3)34-25-11-10-21(28)15-20(25)18-29-13-8-7-9-14-29/h10-11,15-17,34H,6-9,12-14,18-19H2,1-5H3. The van der Waals surface area contributed by atoms with Crippen LogP contribution >= 0.6 is 8.58 Å². The highest BCUT2D eigenvalue weighted by Gasteiger charge is 2.33. The van der Waals surface area contributed by atoms with Gasteiger partial charge in [0, 0.05) is 30.4 Å². The molecule has 1 fully saturated rings. The van der Waals surface area contributed by atoms with E-state index in [1.165, 1.54) is 24.6 Å². The first-order valence-corrected chi connectivity index (χ1v) is 13.1. The van der Waals surface area contributed by atoms with Crippen LogP contribution in [0.1, 0.15) is 57.1 Å². The summed E-state index contributed by atoms with van der Waals surface area (Å²) in [7, 11) is 5.32. The molecule has 1 aliphatic heterocycles. The summed E-state index contributed by atoms with van der Waals surface area (Å²) >= 11 is 0. The number of piperidine rings is 1. The second-order valence-corrected chi connectivity index (χ2v) is 11.0. The van der Waals surface area contributed by atoms with E-state index in [1.807, 2.05) is 18.2 Å². The number of ether oxygens (including phenoxy) is 4. The molecule has 1 saturated heterocycles. The summed E-state index contributed by atoms with van der Waals surface area (Å²) in [6, 6.07) is 9.16. The van der Waals surface area contributed by atoms with E-state index >= 15 is 0 Å². The van der Waals surface area contributed by atoms with E-state index in [2.05, 4.69) is 18.7 Å². The van der Waals surface area contributed by atoms with E-state index in [1.54, 1.807) is 33.5 Å². The third kappa shape index (κ3) is 6.62. The summed E-state index contributed by atoms with van der Waals surface area (Å²) in [6.45, 7) is 7.52. The van der Waals surface area contributed by atoms with E-state index in [0.717, 1.165) is 49.4 Å². The summed E-state index contributed by atoms with van der Waals surface area (Å²) in [5.41, 5.74) is 2.10. The van der Waals surface area contributed by atoms with Gasteiger partial charge in [0.25, 0.3) is 0 Å². The number of likely N-dealkylation sites (tertiary alicyclic amines) is 1. The Morgan fingerprint density at radius 2 is 1.79 bits per heavy atom. The summed E-state index contributed by atoms with van der Waals surface area (Å²) in [4.78, 5) is 2.45. The second kappa shape index (κ2) is 12.7. The zero-order chi connectivity index (χ0) is 24.6. The fraction of sp³-hybridized carbons (Fsp3) is 0.556. The molecule has 0 aromatic heterocycles. The Hall–Kier alpha value is -1.88. The van der Waals surface area contributed by atoms with Gasteiger partial charge < -0.3 is 18.9 Å². The van der Waals surface area contributed by atoms with Gasteiger partial charge in [0.05, 0.1) is 14.2 Å². The Morgan fingerprint density at radius 1 is 1.03 bits per heavy atom. The fourth-order valence-corrected chi connectivity index (χ4v) is 6.53. The molecule has 0 spiro atoms. The van der Waals surface area contributed by atoms with Crippen molar-refractivity contribution in [1.82, 2.24) is 4.90 Å². The molecule has 0 saturated carbocycles. The number of rotatable bonds is 12. The summed E-state index contributed by atoms with van der Waals surface area (Å²) in [5.74, 6) is 1.83. The summed E-state index contributed by atoms with van der Waals surface area (Å²) < 4.78 is 36.9. The quantitative estimate of drug-likeness (QED) is 0.276. The average molecular weight is 492 g/mol. The van der Waals surface area contributed by atoms with Gasteiger partial charge in [0.1, 0.15) is 11.6 Å². The number of nitrogens with zero attached hydrogens (tertiary/aromatic N) is 1. The zero-order valence-corrected chi connectivity index (χ0v) is 22.2. The topological polar surface area (TPSA) is 40.2 Å². The molecule has 1 heterocycles. The monoisotopic (exact) mass is 491 g/mol. The summed E-state index contributed by atoms with van der Waals surface area (Å²) in [5, 5.41) is 0.941. The van der Waals surface area contributed by atoms with Crippen molar-refractivity contribution in [2.24, 2.45) is 0 Å². The molecule has 7 heteroatoms. The van der Waals surface area contributed by atoms with E-state index in [9.17, 15) is 4.39 Å².